The molecule has 8 heteroatoms. The van der Waals surface area contributed by atoms with Crippen molar-refractivity contribution in [2.45, 2.75) is 58.3 Å². The minimum atomic E-state index is -0.821. The largest absolute Gasteiger partial charge is 0.350 e. The summed E-state index contributed by atoms with van der Waals surface area (Å²) in [7, 11) is 0. The van der Waals surface area contributed by atoms with Crippen molar-refractivity contribution < 1.29 is 14.4 Å². The van der Waals surface area contributed by atoms with Gasteiger partial charge >= 0.3 is 0 Å². The smallest absolute Gasteiger partial charge is 0.243 e. The summed E-state index contributed by atoms with van der Waals surface area (Å²) >= 11 is 2.23. The number of halogens is 1. The standard InChI is InChI=1S/C25H33IN4O3/c1-16(2)13-21(27)24(32)29-17(3)23(31)30-22(14-18-7-5-4-6-8-18)25(33)28-15-19-9-11-20(26)12-10-19/h4-12,16-17,21-22H,13-15,27H2,1-3H3,(H,28,33)(H,29,32)(H,30,31)/t17-,21+,22-/m1/s1. The van der Waals surface area contributed by atoms with Gasteiger partial charge in [-0.2, -0.15) is 0 Å². The Labute approximate surface area is 209 Å². The first-order chi connectivity index (χ1) is 15.7. The molecule has 0 saturated carbocycles. The van der Waals surface area contributed by atoms with Gasteiger partial charge in [0.15, 0.2) is 0 Å². The fraction of sp³-hybridized carbons (Fsp3) is 0.400. The van der Waals surface area contributed by atoms with E-state index in [0.29, 0.717) is 19.4 Å². The van der Waals surface area contributed by atoms with Crippen molar-refractivity contribution in [3.8, 4) is 0 Å². The minimum Gasteiger partial charge on any atom is -0.350 e. The average Bonchev–Trinajstić information content (AvgIpc) is 2.78. The zero-order valence-corrected chi connectivity index (χ0v) is 21.5. The van der Waals surface area contributed by atoms with E-state index in [2.05, 4.69) is 38.5 Å². The maximum absolute atomic E-state index is 13.0. The van der Waals surface area contributed by atoms with Crippen LogP contribution < -0.4 is 21.7 Å². The van der Waals surface area contributed by atoms with Crippen LogP contribution in [0, 0.1) is 9.49 Å². The Morgan fingerprint density at radius 2 is 1.48 bits per heavy atom. The Morgan fingerprint density at radius 1 is 0.848 bits per heavy atom. The van der Waals surface area contributed by atoms with Crippen LogP contribution in [0.5, 0.6) is 0 Å². The molecule has 3 amide bonds. The molecule has 2 aromatic carbocycles. The lowest BCUT2D eigenvalue weighted by molar-refractivity contribution is -0.132. The molecule has 0 aliphatic heterocycles. The van der Waals surface area contributed by atoms with Crippen LogP contribution in [0.1, 0.15) is 38.3 Å². The highest BCUT2D eigenvalue weighted by Gasteiger charge is 2.26. The molecule has 2 aromatic rings. The molecular weight excluding hydrogens is 531 g/mol. The molecule has 5 N–H and O–H groups in total. The summed E-state index contributed by atoms with van der Waals surface area (Å²) in [6, 6.07) is 15.0. The Morgan fingerprint density at radius 3 is 2.09 bits per heavy atom. The van der Waals surface area contributed by atoms with Crippen molar-refractivity contribution in [3.63, 3.8) is 0 Å². The summed E-state index contributed by atoms with van der Waals surface area (Å²) < 4.78 is 1.11. The molecule has 3 atom stereocenters. The van der Waals surface area contributed by atoms with Crippen LogP contribution >= 0.6 is 22.6 Å². The molecule has 0 unspecified atom stereocenters. The molecule has 0 saturated heterocycles. The molecule has 0 aliphatic carbocycles. The van der Waals surface area contributed by atoms with Gasteiger partial charge in [0.1, 0.15) is 12.1 Å². The molecule has 33 heavy (non-hydrogen) atoms. The van der Waals surface area contributed by atoms with Crippen molar-refractivity contribution in [1.82, 2.24) is 16.0 Å². The molecule has 178 valence electrons. The highest BCUT2D eigenvalue weighted by molar-refractivity contribution is 14.1. The third-order valence-electron chi connectivity index (χ3n) is 5.11. The van der Waals surface area contributed by atoms with E-state index in [1.54, 1.807) is 6.92 Å². The normalized spacial score (nSPS) is 13.6. The number of nitrogens with one attached hydrogen (secondary N) is 3. The van der Waals surface area contributed by atoms with Gasteiger partial charge in [-0.15, -0.1) is 0 Å². The van der Waals surface area contributed by atoms with Gasteiger partial charge in [-0.3, -0.25) is 14.4 Å². The van der Waals surface area contributed by atoms with E-state index in [1.807, 2.05) is 68.4 Å². The van der Waals surface area contributed by atoms with E-state index in [1.165, 1.54) is 0 Å². The Kier molecular flexibility index (Phi) is 10.8. The number of hydrogen-bond donors (Lipinski definition) is 4. The molecule has 0 fully saturated rings. The van der Waals surface area contributed by atoms with Gasteiger partial charge in [0.25, 0.3) is 0 Å². The number of carbonyl (C=O) groups is 3. The number of carbonyl (C=O) groups excluding carboxylic acids is 3. The molecule has 0 bridgehead atoms. The SMILES string of the molecule is CC(C)C[C@H](N)C(=O)N[C@H](C)C(=O)N[C@H](Cc1ccccc1)C(=O)NCc1ccc(I)cc1. The quantitative estimate of drug-likeness (QED) is 0.314. The van der Waals surface area contributed by atoms with Crippen LogP contribution in [0.25, 0.3) is 0 Å². The highest BCUT2D eigenvalue weighted by Crippen LogP contribution is 2.08. The number of rotatable bonds is 11. The van der Waals surface area contributed by atoms with Crippen LogP contribution in [0.2, 0.25) is 0 Å². The summed E-state index contributed by atoms with van der Waals surface area (Å²) in [6.45, 7) is 5.89. The highest BCUT2D eigenvalue weighted by atomic mass is 127. The molecule has 0 spiro atoms. The van der Waals surface area contributed by atoms with E-state index in [0.717, 1.165) is 14.7 Å². The van der Waals surface area contributed by atoms with Crippen molar-refractivity contribution in [2.75, 3.05) is 0 Å². The molecule has 7 nitrogen and oxygen atoms in total. The molecule has 0 aromatic heterocycles. The summed E-state index contributed by atoms with van der Waals surface area (Å²) in [5.41, 5.74) is 7.80. The van der Waals surface area contributed by atoms with E-state index in [4.69, 9.17) is 5.73 Å². The Bertz CT molecular complexity index is 919. The van der Waals surface area contributed by atoms with Crippen LogP contribution in [-0.2, 0) is 27.3 Å². The monoisotopic (exact) mass is 564 g/mol. The topological polar surface area (TPSA) is 113 Å². The maximum atomic E-state index is 13.0. The first-order valence-corrected chi connectivity index (χ1v) is 12.2. The van der Waals surface area contributed by atoms with Gasteiger partial charge in [-0.05, 0) is 65.1 Å². The van der Waals surface area contributed by atoms with Gasteiger partial charge in [-0.1, -0.05) is 56.3 Å². The van der Waals surface area contributed by atoms with Crippen LogP contribution in [0.15, 0.2) is 54.6 Å². The minimum absolute atomic E-state index is 0.266. The first kappa shape index (κ1) is 26.8. The zero-order valence-electron chi connectivity index (χ0n) is 19.3. The lowest BCUT2D eigenvalue weighted by atomic mass is 10.0. The van der Waals surface area contributed by atoms with E-state index < -0.39 is 24.0 Å². The Hall–Kier alpha value is -2.46. The molecule has 0 radical (unpaired) electrons. The number of benzene rings is 2. The zero-order chi connectivity index (χ0) is 24.4. The lowest BCUT2D eigenvalue weighted by Crippen LogP contribution is -2.55. The third kappa shape index (κ3) is 9.51. The maximum Gasteiger partial charge on any atom is 0.243 e. The Balaban J connectivity index is 2.02. The lowest BCUT2D eigenvalue weighted by Gasteiger charge is -2.22. The second-order valence-electron chi connectivity index (χ2n) is 8.56. The second kappa shape index (κ2) is 13.3. The van der Waals surface area contributed by atoms with E-state index in [-0.39, 0.29) is 17.7 Å². The van der Waals surface area contributed by atoms with Gasteiger partial charge in [0.2, 0.25) is 17.7 Å². The van der Waals surface area contributed by atoms with E-state index >= 15 is 0 Å². The average molecular weight is 564 g/mol. The third-order valence-corrected chi connectivity index (χ3v) is 5.83. The summed E-state index contributed by atoms with van der Waals surface area (Å²) in [5, 5.41) is 8.34. The number of amides is 3. The van der Waals surface area contributed by atoms with Crippen molar-refractivity contribution in [3.05, 3.63) is 69.3 Å². The van der Waals surface area contributed by atoms with E-state index in [9.17, 15) is 14.4 Å². The molecular formula is C25H33IN4O3. The van der Waals surface area contributed by atoms with Crippen molar-refractivity contribution in [1.29, 1.82) is 0 Å². The van der Waals surface area contributed by atoms with Gasteiger partial charge < -0.3 is 21.7 Å². The van der Waals surface area contributed by atoms with Gasteiger partial charge in [-0.25, -0.2) is 0 Å². The summed E-state index contributed by atoms with van der Waals surface area (Å²) in [4.78, 5) is 38.0. The van der Waals surface area contributed by atoms with Crippen LogP contribution in [0.4, 0.5) is 0 Å². The second-order valence-corrected chi connectivity index (χ2v) is 9.81. The number of hydrogen-bond acceptors (Lipinski definition) is 4. The molecule has 0 heterocycles. The molecule has 0 aliphatic rings. The van der Waals surface area contributed by atoms with Crippen molar-refractivity contribution >= 4 is 40.3 Å². The fourth-order valence-electron chi connectivity index (χ4n) is 3.27. The van der Waals surface area contributed by atoms with Crippen molar-refractivity contribution in [2.24, 2.45) is 11.7 Å². The summed E-state index contributed by atoms with van der Waals surface area (Å²) in [5.74, 6) is -0.845. The van der Waals surface area contributed by atoms with Gasteiger partial charge in [0, 0.05) is 16.5 Å². The van der Waals surface area contributed by atoms with Crippen LogP contribution in [0.3, 0.4) is 0 Å². The number of nitrogens with two attached hydrogens (primary N) is 1. The van der Waals surface area contributed by atoms with Crippen LogP contribution in [-0.4, -0.2) is 35.8 Å². The van der Waals surface area contributed by atoms with Gasteiger partial charge in [0.05, 0.1) is 6.04 Å². The summed E-state index contributed by atoms with van der Waals surface area (Å²) in [6.07, 6.45) is 0.858. The fourth-order valence-corrected chi connectivity index (χ4v) is 3.63. The first-order valence-electron chi connectivity index (χ1n) is 11.1. The predicted octanol–water partition coefficient (Wildman–Crippen LogP) is 2.51. The predicted molar refractivity (Wildman–Crippen MR) is 138 cm³/mol. The molecule has 2 rings (SSSR count).